The molecule has 0 radical (unpaired) electrons. The highest BCUT2D eigenvalue weighted by Gasteiger charge is 2.19. The first-order chi connectivity index (χ1) is 41.0. The summed E-state index contributed by atoms with van der Waals surface area (Å²) in [6.45, 7) is 6.52. The van der Waals surface area contributed by atoms with Gasteiger partial charge in [-0.15, -0.1) is 0 Å². The van der Waals surface area contributed by atoms with Crippen LogP contribution in [0.3, 0.4) is 0 Å². The molecule has 0 saturated heterocycles. The van der Waals surface area contributed by atoms with Crippen LogP contribution in [0.4, 0.5) is 0 Å². The Morgan fingerprint density at radius 3 is 0.759 bits per heavy atom. The van der Waals surface area contributed by atoms with Gasteiger partial charge in [-0.05, 0) is 109 Å². The second kappa shape index (κ2) is 70.6. The minimum atomic E-state index is -0.803. The molecule has 1 atom stereocenters. The molecule has 1 unspecified atom stereocenters. The normalized spacial score (nSPS) is 12.8. The highest BCUT2D eigenvalue weighted by Crippen LogP contribution is 2.17. The number of hydrogen-bond acceptors (Lipinski definition) is 6. The van der Waals surface area contributed by atoms with Gasteiger partial charge in [0.2, 0.25) is 0 Å². The molecule has 0 rings (SSSR count). The fourth-order valence-corrected chi connectivity index (χ4v) is 9.99. The van der Waals surface area contributed by atoms with E-state index in [1.165, 1.54) is 193 Å². The molecule has 0 aromatic heterocycles. The monoisotopic (exact) mass is 1150 g/mol. The van der Waals surface area contributed by atoms with Crippen molar-refractivity contribution >= 4 is 17.9 Å². The average molecular weight is 1150 g/mol. The van der Waals surface area contributed by atoms with Gasteiger partial charge in [-0.25, -0.2) is 0 Å². The quantitative estimate of drug-likeness (QED) is 0.0261. The van der Waals surface area contributed by atoms with Gasteiger partial charge in [0.05, 0.1) is 0 Å². The van der Waals surface area contributed by atoms with Crippen LogP contribution < -0.4 is 0 Å². The summed E-state index contributed by atoms with van der Waals surface area (Å²) in [5, 5.41) is 0. The first-order valence-corrected chi connectivity index (χ1v) is 35.4. The predicted molar refractivity (Wildman–Crippen MR) is 362 cm³/mol. The molecule has 0 heterocycles. The molecule has 0 aliphatic heterocycles. The zero-order valence-corrected chi connectivity index (χ0v) is 54.7. The Morgan fingerprint density at radius 1 is 0.253 bits per heavy atom. The molecule has 83 heavy (non-hydrogen) atoms. The lowest BCUT2D eigenvalue weighted by molar-refractivity contribution is -0.167. The first-order valence-electron chi connectivity index (χ1n) is 35.4. The largest absolute Gasteiger partial charge is 0.462 e. The van der Waals surface area contributed by atoms with Gasteiger partial charge >= 0.3 is 17.9 Å². The Hall–Kier alpha value is -3.93. The van der Waals surface area contributed by atoms with Crippen molar-refractivity contribution in [3.8, 4) is 0 Å². The van der Waals surface area contributed by atoms with Crippen LogP contribution >= 0.6 is 0 Å². The summed E-state index contributed by atoms with van der Waals surface area (Å²) >= 11 is 0. The molecule has 0 saturated carbocycles. The molecule has 0 amide bonds. The third kappa shape index (κ3) is 68.7. The maximum absolute atomic E-state index is 12.9. The molecule has 0 N–H and O–H groups in total. The lowest BCUT2D eigenvalue weighted by Gasteiger charge is -2.18. The summed E-state index contributed by atoms with van der Waals surface area (Å²) in [6.07, 6.45) is 96.9. The third-order valence-electron chi connectivity index (χ3n) is 15.3. The highest BCUT2D eigenvalue weighted by molar-refractivity contribution is 5.71. The minimum Gasteiger partial charge on any atom is -0.462 e. The van der Waals surface area contributed by atoms with Crippen molar-refractivity contribution in [2.24, 2.45) is 0 Å². The summed E-state index contributed by atoms with van der Waals surface area (Å²) in [5.74, 6) is -0.923. The van der Waals surface area contributed by atoms with Gasteiger partial charge in [-0.2, -0.15) is 0 Å². The smallest absolute Gasteiger partial charge is 0.306 e. The maximum atomic E-state index is 12.9. The number of carbonyl (C=O) groups excluding carboxylic acids is 3. The topological polar surface area (TPSA) is 78.9 Å². The van der Waals surface area contributed by atoms with Crippen LogP contribution in [0.15, 0.2) is 109 Å². The Balaban J connectivity index is 4.35. The van der Waals surface area contributed by atoms with Crippen LogP contribution in [0.5, 0.6) is 0 Å². The van der Waals surface area contributed by atoms with Crippen molar-refractivity contribution in [3.05, 3.63) is 109 Å². The summed E-state index contributed by atoms with van der Waals surface area (Å²) in [6, 6.07) is 0. The summed E-state index contributed by atoms with van der Waals surface area (Å²) in [5.41, 5.74) is 0. The van der Waals surface area contributed by atoms with E-state index < -0.39 is 6.10 Å². The van der Waals surface area contributed by atoms with Crippen LogP contribution in [-0.4, -0.2) is 37.2 Å². The Bertz CT molecular complexity index is 1660. The van der Waals surface area contributed by atoms with Gasteiger partial charge in [0.1, 0.15) is 13.2 Å². The second-order valence-electron chi connectivity index (χ2n) is 23.4. The molecule has 6 heteroatoms. The van der Waals surface area contributed by atoms with E-state index in [9.17, 15) is 14.4 Å². The van der Waals surface area contributed by atoms with Crippen LogP contribution in [0.25, 0.3) is 0 Å². The van der Waals surface area contributed by atoms with Gasteiger partial charge in [-0.3, -0.25) is 14.4 Å². The molecular weight excluding hydrogens is 1020 g/mol. The zero-order chi connectivity index (χ0) is 59.9. The van der Waals surface area contributed by atoms with Crippen LogP contribution in [0, 0.1) is 0 Å². The number of hydrogen-bond donors (Lipinski definition) is 0. The Morgan fingerprint density at radius 2 is 0.470 bits per heavy atom. The summed E-state index contributed by atoms with van der Waals surface area (Å²) in [4.78, 5) is 38.4. The lowest BCUT2D eigenvalue weighted by atomic mass is 10.0. The predicted octanol–water partition coefficient (Wildman–Crippen LogP) is 24.6. The van der Waals surface area contributed by atoms with E-state index >= 15 is 0 Å². The summed E-state index contributed by atoms with van der Waals surface area (Å²) in [7, 11) is 0. The van der Waals surface area contributed by atoms with Crippen LogP contribution in [0.2, 0.25) is 0 Å². The van der Waals surface area contributed by atoms with E-state index in [0.29, 0.717) is 19.3 Å². The maximum Gasteiger partial charge on any atom is 0.306 e. The Kier molecular flexibility index (Phi) is 67.2. The fraction of sp³-hybridized carbons (Fsp3) is 0.727. The van der Waals surface area contributed by atoms with Crippen LogP contribution in [-0.2, 0) is 28.6 Å². The minimum absolute atomic E-state index is 0.0933. The second-order valence-corrected chi connectivity index (χ2v) is 23.4. The molecule has 0 aromatic carbocycles. The van der Waals surface area contributed by atoms with Gasteiger partial charge in [0, 0.05) is 19.3 Å². The molecule has 0 aromatic rings. The summed E-state index contributed by atoms with van der Waals surface area (Å²) < 4.78 is 16.9. The lowest BCUT2D eigenvalue weighted by Crippen LogP contribution is -2.30. The molecular formula is C77H132O6. The van der Waals surface area contributed by atoms with Crippen molar-refractivity contribution in [3.63, 3.8) is 0 Å². The number of ether oxygens (including phenoxy) is 3. The van der Waals surface area contributed by atoms with E-state index in [2.05, 4.69) is 130 Å². The van der Waals surface area contributed by atoms with Gasteiger partial charge in [0.15, 0.2) is 6.10 Å². The highest BCUT2D eigenvalue weighted by atomic mass is 16.6. The number of rotatable bonds is 64. The van der Waals surface area contributed by atoms with Crippen molar-refractivity contribution < 1.29 is 28.6 Å². The van der Waals surface area contributed by atoms with Crippen molar-refractivity contribution in [1.82, 2.24) is 0 Å². The van der Waals surface area contributed by atoms with Gasteiger partial charge < -0.3 is 14.2 Å². The molecule has 476 valence electrons. The number of unbranched alkanes of at least 4 members (excludes halogenated alkanes) is 35. The van der Waals surface area contributed by atoms with E-state index in [0.717, 1.165) is 103 Å². The van der Waals surface area contributed by atoms with E-state index in [4.69, 9.17) is 14.2 Å². The zero-order valence-electron chi connectivity index (χ0n) is 54.7. The van der Waals surface area contributed by atoms with Crippen molar-refractivity contribution in [1.29, 1.82) is 0 Å². The third-order valence-corrected chi connectivity index (χ3v) is 15.3. The molecule has 0 aliphatic rings. The van der Waals surface area contributed by atoms with Gasteiger partial charge in [0.25, 0.3) is 0 Å². The number of allylic oxidation sites excluding steroid dienone is 18. The molecule has 6 nitrogen and oxygen atoms in total. The standard InChI is InChI=1S/C77H132O6/c1-4-7-10-13-16-19-22-25-28-30-32-34-35-36-37-38-39-40-41-43-44-46-49-52-55-58-61-64-67-70-76(79)82-73-74(72-81-75(78)69-66-63-60-57-54-51-48-27-24-21-18-15-12-9-6-3)83-77(80)71-68-65-62-59-56-53-50-47-45-42-33-31-29-26-23-20-17-14-11-8-5-2/h8,11,17,20,22,25-26,29-30,32-33,35-36,42,47,50,56,59,74H,4-7,9-10,12-16,18-19,21,23-24,27-28,31,34,37-41,43-46,48-49,51-55,57-58,60-73H2,1-3H3/b11-8-,20-17-,25-22-,29-26-,32-30-,36-35-,42-33-,50-47-,59-56-. The van der Waals surface area contributed by atoms with E-state index in [1.807, 2.05) is 0 Å². The SMILES string of the molecule is CC/C=C\C/C=C\C/C=C\C/C=C\C/C=C\C/C=C\CCCCC(=O)OC(COC(=O)CCCCCCCCCCCCCCCCC)COC(=O)CCCCCCCCCCCCCCCC/C=C\C/C=C\C/C=C\CCCCCCC. The average Bonchev–Trinajstić information content (AvgIpc) is 3.49. The van der Waals surface area contributed by atoms with Crippen molar-refractivity contribution in [2.75, 3.05) is 13.2 Å². The molecule has 0 bridgehead atoms. The Labute approximate surface area is 514 Å². The molecule has 0 fully saturated rings. The van der Waals surface area contributed by atoms with E-state index in [-0.39, 0.29) is 37.5 Å². The number of esters is 3. The first kappa shape index (κ1) is 79.1. The number of carbonyl (C=O) groups is 3. The molecule has 0 spiro atoms. The van der Waals surface area contributed by atoms with Crippen LogP contribution in [0.1, 0.15) is 342 Å². The fourth-order valence-electron chi connectivity index (χ4n) is 9.99. The van der Waals surface area contributed by atoms with Gasteiger partial charge in [-0.1, -0.05) is 323 Å². The van der Waals surface area contributed by atoms with E-state index in [1.54, 1.807) is 0 Å². The molecule has 0 aliphatic carbocycles. The van der Waals surface area contributed by atoms with Crippen molar-refractivity contribution in [2.45, 2.75) is 348 Å².